The van der Waals surface area contributed by atoms with Crippen molar-refractivity contribution in [3.8, 4) is 10.9 Å². The van der Waals surface area contributed by atoms with E-state index < -0.39 is 10.0 Å². The zero-order valence-corrected chi connectivity index (χ0v) is 19.5. The second-order valence-corrected chi connectivity index (χ2v) is 11.6. The summed E-state index contributed by atoms with van der Waals surface area (Å²) in [5.74, 6) is 0.793. The highest BCUT2D eigenvalue weighted by Crippen LogP contribution is 2.33. The molecule has 0 amide bonds. The quantitative estimate of drug-likeness (QED) is 0.559. The highest BCUT2D eigenvalue weighted by atomic mass is 32.2. The Hall–Kier alpha value is -2.00. The lowest BCUT2D eigenvalue weighted by atomic mass is 10.1. The van der Waals surface area contributed by atoms with Crippen molar-refractivity contribution < 1.29 is 13.2 Å². The molecular weight excluding hydrogens is 430 g/mol. The van der Waals surface area contributed by atoms with Gasteiger partial charge in [-0.15, -0.1) is 0 Å². The Morgan fingerprint density at radius 1 is 1.10 bits per heavy atom. The predicted octanol–water partition coefficient (Wildman–Crippen LogP) is 4.05. The van der Waals surface area contributed by atoms with Gasteiger partial charge in [0.2, 0.25) is 10.0 Å². The molecule has 1 aromatic heterocycles. The number of fused-ring (bicyclic) bond motifs is 3. The van der Waals surface area contributed by atoms with Gasteiger partial charge >= 0.3 is 0 Å². The number of hydrogen-bond donors (Lipinski definition) is 0. The van der Waals surface area contributed by atoms with E-state index in [0.29, 0.717) is 30.4 Å². The largest absolute Gasteiger partial charge is 0.431 e. The number of aromatic nitrogens is 1. The zero-order valence-electron chi connectivity index (χ0n) is 17.8. The van der Waals surface area contributed by atoms with Crippen LogP contribution in [0.3, 0.4) is 0 Å². The first-order chi connectivity index (χ1) is 14.8. The summed E-state index contributed by atoms with van der Waals surface area (Å²) in [6.45, 7) is 4.30. The van der Waals surface area contributed by atoms with Crippen molar-refractivity contribution in [2.75, 3.05) is 25.9 Å². The lowest BCUT2D eigenvalue weighted by Crippen LogP contribution is -2.55. The van der Waals surface area contributed by atoms with Crippen LogP contribution in [0.5, 0.6) is 10.9 Å². The molecule has 2 bridgehead atoms. The molecule has 2 saturated heterocycles. The number of rotatable bonds is 6. The number of benzene rings is 2. The summed E-state index contributed by atoms with van der Waals surface area (Å²) in [5, 5.41) is 0.661. The van der Waals surface area contributed by atoms with E-state index in [1.165, 1.54) is 17.4 Å². The third-order valence-electron chi connectivity index (χ3n) is 6.38. The van der Waals surface area contributed by atoms with Crippen LogP contribution in [0.4, 0.5) is 0 Å². The third kappa shape index (κ3) is 4.48. The molecule has 2 aliphatic rings. The van der Waals surface area contributed by atoms with Crippen molar-refractivity contribution in [3.05, 3.63) is 53.6 Å². The van der Waals surface area contributed by atoms with E-state index in [1.807, 2.05) is 18.2 Å². The first-order valence-corrected chi connectivity index (χ1v) is 13.4. The van der Waals surface area contributed by atoms with Crippen LogP contribution in [0, 0.1) is 6.92 Å². The minimum atomic E-state index is -3.10. The van der Waals surface area contributed by atoms with E-state index in [-0.39, 0.29) is 0 Å². The molecule has 3 heterocycles. The van der Waals surface area contributed by atoms with Crippen LogP contribution in [0.1, 0.15) is 24.0 Å². The third-order valence-corrected chi connectivity index (χ3v) is 8.51. The molecule has 2 aromatic carbocycles. The van der Waals surface area contributed by atoms with Gasteiger partial charge in [0.1, 0.15) is 5.75 Å². The summed E-state index contributed by atoms with van der Waals surface area (Å²) in [5.41, 5.74) is 3.45. The lowest BCUT2D eigenvalue weighted by molar-refractivity contribution is 0.112. The fraction of sp³-hybridized carbons (Fsp3) is 0.435. The topological polar surface area (TPSA) is 62.7 Å². The average Bonchev–Trinajstić information content (AvgIpc) is 3.21. The van der Waals surface area contributed by atoms with Crippen molar-refractivity contribution in [1.82, 2.24) is 14.2 Å². The number of piperazine rings is 1. The van der Waals surface area contributed by atoms with Crippen LogP contribution < -0.4 is 4.74 Å². The Balaban J connectivity index is 1.19. The van der Waals surface area contributed by atoms with Crippen molar-refractivity contribution in [2.45, 2.75) is 38.3 Å². The second kappa shape index (κ2) is 8.16. The molecule has 0 saturated carbocycles. The van der Waals surface area contributed by atoms with E-state index in [4.69, 9.17) is 4.74 Å². The summed E-state index contributed by atoms with van der Waals surface area (Å²) in [6.07, 6.45) is 4.45. The van der Waals surface area contributed by atoms with Crippen molar-refractivity contribution in [3.63, 3.8) is 0 Å². The molecule has 31 heavy (non-hydrogen) atoms. The fourth-order valence-electron chi connectivity index (χ4n) is 4.73. The molecule has 2 atom stereocenters. The lowest BCUT2D eigenvalue weighted by Gasteiger charge is -2.39. The minimum Gasteiger partial charge on any atom is -0.431 e. The van der Waals surface area contributed by atoms with Gasteiger partial charge in [0.25, 0.3) is 5.19 Å². The van der Waals surface area contributed by atoms with E-state index in [2.05, 4.69) is 41.1 Å². The van der Waals surface area contributed by atoms with Gasteiger partial charge in [-0.05, 0) is 61.6 Å². The van der Waals surface area contributed by atoms with Crippen molar-refractivity contribution in [2.24, 2.45) is 0 Å². The molecule has 2 fully saturated rings. The standard InChI is InChI=1S/C23H27N3O3S2/c1-16-3-10-21-22(13-16)30-23(24-21)29-20-8-4-17(5-9-20)11-12-26-18-6-7-19(26)15-25(14-18)31(2,27)28/h3-5,8-10,13,18-19H,6-7,11-12,14-15H2,1-2H3. The molecule has 0 spiro atoms. The number of ether oxygens (including phenoxy) is 1. The van der Waals surface area contributed by atoms with Gasteiger partial charge in [-0.2, -0.15) is 4.31 Å². The second-order valence-electron chi connectivity index (χ2n) is 8.65. The van der Waals surface area contributed by atoms with Crippen LogP contribution in [-0.4, -0.2) is 60.6 Å². The maximum Gasteiger partial charge on any atom is 0.279 e. The van der Waals surface area contributed by atoms with Crippen LogP contribution in [-0.2, 0) is 16.4 Å². The fourth-order valence-corrected chi connectivity index (χ4v) is 6.54. The summed E-state index contributed by atoms with van der Waals surface area (Å²) in [6, 6.07) is 15.1. The van der Waals surface area contributed by atoms with Gasteiger partial charge in [-0.1, -0.05) is 29.5 Å². The van der Waals surface area contributed by atoms with Crippen LogP contribution >= 0.6 is 11.3 Å². The summed E-state index contributed by atoms with van der Waals surface area (Å²) >= 11 is 1.56. The van der Waals surface area contributed by atoms with Crippen molar-refractivity contribution in [1.29, 1.82) is 0 Å². The Kier molecular flexibility index (Phi) is 5.50. The molecule has 0 aliphatic carbocycles. The Bertz CT molecular complexity index is 1180. The minimum absolute atomic E-state index is 0.346. The molecule has 8 heteroatoms. The SMILES string of the molecule is Cc1ccc2nc(Oc3ccc(CCN4C5CCC4CN(S(C)(=O)=O)C5)cc3)sc2c1. The number of thiazole rings is 1. The van der Waals surface area contributed by atoms with Crippen LogP contribution in [0.25, 0.3) is 10.2 Å². The zero-order chi connectivity index (χ0) is 21.6. The molecule has 6 nitrogen and oxygen atoms in total. The Morgan fingerprint density at radius 3 is 2.48 bits per heavy atom. The highest BCUT2D eigenvalue weighted by Gasteiger charge is 2.41. The van der Waals surface area contributed by atoms with E-state index in [1.54, 1.807) is 15.6 Å². The van der Waals surface area contributed by atoms with Gasteiger partial charge in [0.15, 0.2) is 0 Å². The molecule has 3 aromatic rings. The molecule has 5 rings (SSSR count). The first kappa shape index (κ1) is 20.9. The summed E-state index contributed by atoms with van der Waals surface area (Å²) < 4.78 is 32.6. The predicted molar refractivity (Wildman–Crippen MR) is 125 cm³/mol. The van der Waals surface area contributed by atoms with Crippen LogP contribution in [0.15, 0.2) is 42.5 Å². The Labute approximate surface area is 187 Å². The number of hydrogen-bond acceptors (Lipinski definition) is 6. The maximum atomic E-state index is 11.9. The maximum absolute atomic E-state index is 11.9. The molecular formula is C23H27N3O3S2. The first-order valence-electron chi connectivity index (χ1n) is 10.7. The van der Waals surface area contributed by atoms with E-state index >= 15 is 0 Å². The average molecular weight is 458 g/mol. The normalized spacial score (nSPS) is 22.3. The number of sulfonamides is 1. The van der Waals surface area contributed by atoms with Crippen molar-refractivity contribution >= 4 is 31.6 Å². The number of nitrogens with zero attached hydrogens (tertiary/aromatic N) is 3. The molecule has 164 valence electrons. The smallest absolute Gasteiger partial charge is 0.279 e. The molecule has 2 unspecified atom stereocenters. The number of aryl methyl sites for hydroxylation is 1. The van der Waals surface area contributed by atoms with Crippen LogP contribution in [0.2, 0.25) is 0 Å². The van der Waals surface area contributed by atoms with Gasteiger partial charge in [0, 0.05) is 31.7 Å². The van der Waals surface area contributed by atoms with Gasteiger partial charge < -0.3 is 4.74 Å². The van der Waals surface area contributed by atoms with Gasteiger partial charge in [0.05, 0.1) is 16.5 Å². The molecule has 2 aliphatic heterocycles. The van der Waals surface area contributed by atoms with E-state index in [0.717, 1.165) is 41.8 Å². The van der Waals surface area contributed by atoms with E-state index in [9.17, 15) is 8.42 Å². The monoisotopic (exact) mass is 457 g/mol. The van der Waals surface area contributed by atoms with Gasteiger partial charge in [-0.25, -0.2) is 13.4 Å². The molecule has 0 N–H and O–H groups in total. The summed E-state index contributed by atoms with van der Waals surface area (Å²) in [4.78, 5) is 7.07. The molecule has 0 radical (unpaired) electrons. The van der Waals surface area contributed by atoms with Gasteiger partial charge in [-0.3, -0.25) is 4.90 Å². The highest BCUT2D eigenvalue weighted by molar-refractivity contribution is 7.88. The summed E-state index contributed by atoms with van der Waals surface area (Å²) in [7, 11) is -3.10. The Morgan fingerprint density at radius 2 is 1.81 bits per heavy atom.